The molecule has 7 heteroatoms. The van der Waals surface area contributed by atoms with Crippen molar-refractivity contribution in [3.63, 3.8) is 0 Å². The van der Waals surface area contributed by atoms with Gasteiger partial charge in [-0.15, -0.1) is 0 Å². The Kier molecular flexibility index (Phi) is 5.75. The van der Waals surface area contributed by atoms with E-state index in [1.807, 2.05) is 62.4 Å². The van der Waals surface area contributed by atoms with Crippen LogP contribution in [0.2, 0.25) is 0 Å². The summed E-state index contributed by atoms with van der Waals surface area (Å²) in [5.74, 6) is -1.01. The number of para-hydroxylation sites is 1. The molecule has 0 fully saturated rings. The van der Waals surface area contributed by atoms with Gasteiger partial charge in [-0.2, -0.15) is 5.10 Å². The van der Waals surface area contributed by atoms with Crippen LogP contribution in [0.25, 0.3) is 22.3 Å². The fraction of sp³-hybridized carbons (Fsp3) is 0.167. The second-order valence-corrected chi connectivity index (χ2v) is 7.33. The van der Waals surface area contributed by atoms with Gasteiger partial charge < -0.3 is 10.1 Å². The van der Waals surface area contributed by atoms with Crippen molar-refractivity contribution in [3.05, 3.63) is 78.5 Å². The molecule has 156 valence electrons. The Morgan fingerprint density at radius 2 is 1.71 bits per heavy atom. The highest BCUT2D eigenvalue weighted by Gasteiger charge is 2.20. The molecule has 4 aromatic rings. The van der Waals surface area contributed by atoms with Gasteiger partial charge in [-0.25, -0.2) is 14.5 Å². The average molecular weight is 414 g/mol. The molecule has 4 rings (SSSR count). The average Bonchev–Trinajstić information content (AvgIpc) is 3.22. The largest absolute Gasteiger partial charge is 0.452 e. The number of ether oxygens (including phenoxy) is 1. The van der Waals surface area contributed by atoms with Crippen molar-refractivity contribution in [2.45, 2.75) is 19.9 Å². The summed E-state index contributed by atoms with van der Waals surface area (Å²) in [6.45, 7) is 3.60. The van der Waals surface area contributed by atoms with Crippen molar-refractivity contribution in [1.82, 2.24) is 14.8 Å². The number of amides is 1. The summed E-state index contributed by atoms with van der Waals surface area (Å²) in [4.78, 5) is 29.8. The summed E-state index contributed by atoms with van der Waals surface area (Å²) in [5.41, 5.74) is 3.06. The molecule has 2 heterocycles. The second kappa shape index (κ2) is 8.79. The Balaban J connectivity index is 1.62. The predicted molar refractivity (Wildman–Crippen MR) is 119 cm³/mol. The van der Waals surface area contributed by atoms with Gasteiger partial charge in [0.15, 0.2) is 12.3 Å². The standard InChI is InChI=1S/C24H22N4O3/c1-16(2)28-23-20(14-25-28)19(13-21(27-23)17-9-5-3-6-10-17)24(30)31-15-22(29)26-18-11-7-4-8-12-18/h3-14,16H,15H2,1-2H3,(H,26,29). The number of carbonyl (C=O) groups is 2. The third-order valence-electron chi connectivity index (χ3n) is 4.74. The van der Waals surface area contributed by atoms with Gasteiger partial charge >= 0.3 is 5.97 Å². The number of nitrogens with zero attached hydrogens (tertiary/aromatic N) is 3. The van der Waals surface area contributed by atoms with E-state index in [0.717, 1.165) is 5.56 Å². The molecule has 0 unspecified atom stereocenters. The van der Waals surface area contributed by atoms with Gasteiger partial charge in [0.25, 0.3) is 5.91 Å². The summed E-state index contributed by atoms with van der Waals surface area (Å²) in [7, 11) is 0. The molecule has 0 aliphatic heterocycles. The number of carbonyl (C=O) groups excluding carboxylic acids is 2. The van der Waals surface area contributed by atoms with Crippen LogP contribution < -0.4 is 5.32 Å². The molecule has 31 heavy (non-hydrogen) atoms. The molecule has 0 aliphatic carbocycles. The van der Waals surface area contributed by atoms with Crippen LogP contribution in [-0.4, -0.2) is 33.2 Å². The molecule has 1 amide bonds. The molecular formula is C24H22N4O3. The first-order valence-electron chi connectivity index (χ1n) is 9.98. The number of anilines is 1. The van der Waals surface area contributed by atoms with E-state index in [1.54, 1.807) is 29.1 Å². The van der Waals surface area contributed by atoms with Crippen molar-refractivity contribution in [3.8, 4) is 11.3 Å². The molecule has 0 saturated heterocycles. The maximum atomic E-state index is 12.9. The van der Waals surface area contributed by atoms with Gasteiger partial charge in [0, 0.05) is 17.3 Å². The van der Waals surface area contributed by atoms with E-state index in [4.69, 9.17) is 9.72 Å². The van der Waals surface area contributed by atoms with Gasteiger partial charge in [-0.3, -0.25) is 4.79 Å². The van der Waals surface area contributed by atoms with Crippen LogP contribution in [0.1, 0.15) is 30.2 Å². The van der Waals surface area contributed by atoms with Crippen LogP contribution in [0, 0.1) is 0 Å². The Labute approximate surface area is 179 Å². The number of rotatable bonds is 6. The molecule has 0 radical (unpaired) electrons. The highest BCUT2D eigenvalue weighted by atomic mass is 16.5. The lowest BCUT2D eigenvalue weighted by Crippen LogP contribution is -2.21. The molecule has 0 saturated carbocycles. The Morgan fingerprint density at radius 1 is 1.03 bits per heavy atom. The van der Waals surface area contributed by atoms with Gasteiger partial charge in [-0.1, -0.05) is 48.5 Å². The van der Waals surface area contributed by atoms with Gasteiger partial charge in [0.05, 0.1) is 22.8 Å². The van der Waals surface area contributed by atoms with Crippen LogP contribution in [-0.2, 0) is 9.53 Å². The zero-order valence-electron chi connectivity index (χ0n) is 17.3. The van der Waals surface area contributed by atoms with Crippen LogP contribution in [0.5, 0.6) is 0 Å². The number of hydrogen-bond donors (Lipinski definition) is 1. The van der Waals surface area contributed by atoms with E-state index >= 15 is 0 Å². The Morgan fingerprint density at radius 3 is 2.39 bits per heavy atom. The number of hydrogen-bond acceptors (Lipinski definition) is 5. The van der Waals surface area contributed by atoms with E-state index in [-0.39, 0.29) is 6.04 Å². The highest BCUT2D eigenvalue weighted by molar-refractivity contribution is 6.04. The fourth-order valence-electron chi connectivity index (χ4n) is 3.25. The number of fused-ring (bicyclic) bond motifs is 1. The third-order valence-corrected chi connectivity index (χ3v) is 4.74. The minimum absolute atomic E-state index is 0.0662. The lowest BCUT2D eigenvalue weighted by Gasteiger charge is -2.11. The van der Waals surface area contributed by atoms with Gasteiger partial charge in [0.2, 0.25) is 0 Å². The van der Waals surface area contributed by atoms with Crippen molar-refractivity contribution in [2.24, 2.45) is 0 Å². The zero-order valence-corrected chi connectivity index (χ0v) is 17.3. The molecule has 0 bridgehead atoms. The fourth-order valence-corrected chi connectivity index (χ4v) is 3.25. The van der Waals surface area contributed by atoms with Crippen molar-refractivity contribution >= 4 is 28.6 Å². The lowest BCUT2D eigenvalue weighted by molar-refractivity contribution is -0.119. The van der Waals surface area contributed by atoms with E-state index in [1.165, 1.54) is 0 Å². The first-order chi connectivity index (χ1) is 15.0. The normalized spacial score (nSPS) is 10.9. The van der Waals surface area contributed by atoms with Crippen LogP contribution in [0.4, 0.5) is 5.69 Å². The molecule has 2 aromatic carbocycles. The minimum atomic E-state index is -0.601. The smallest absolute Gasteiger partial charge is 0.339 e. The molecule has 0 aliphatic rings. The predicted octanol–water partition coefficient (Wildman–Crippen LogP) is 4.47. The minimum Gasteiger partial charge on any atom is -0.452 e. The number of aromatic nitrogens is 3. The first kappa shape index (κ1) is 20.3. The summed E-state index contributed by atoms with van der Waals surface area (Å²) in [5, 5.41) is 7.67. The summed E-state index contributed by atoms with van der Waals surface area (Å²) < 4.78 is 7.08. The summed E-state index contributed by atoms with van der Waals surface area (Å²) in [6, 6.07) is 20.3. The summed E-state index contributed by atoms with van der Waals surface area (Å²) >= 11 is 0. The quantitative estimate of drug-likeness (QED) is 0.470. The number of esters is 1. The number of benzene rings is 2. The monoisotopic (exact) mass is 414 g/mol. The maximum Gasteiger partial charge on any atom is 0.339 e. The van der Waals surface area contributed by atoms with Crippen molar-refractivity contribution in [1.29, 1.82) is 0 Å². The van der Waals surface area contributed by atoms with E-state index in [2.05, 4.69) is 10.4 Å². The van der Waals surface area contributed by atoms with E-state index < -0.39 is 18.5 Å². The summed E-state index contributed by atoms with van der Waals surface area (Å²) in [6.07, 6.45) is 1.61. The van der Waals surface area contributed by atoms with Crippen molar-refractivity contribution in [2.75, 3.05) is 11.9 Å². The van der Waals surface area contributed by atoms with Gasteiger partial charge in [-0.05, 0) is 32.0 Å². The van der Waals surface area contributed by atoms with Crippen LogP contribution in [0.15, 0.2) is 72.9 Å². The van der Waals surface area contributed by atoms with Crippen molar-refractivity contribution < 1.29 is 14.3 Å². The number of nitrogens with one attached hydrogen (secondary N) is 1. The molecule has 2 aromatic heterocycles. The Bertz CT molecular complexity index is 1220. The Hall–Kier alpha value is -4.00. The lowest BCUT2D eigenvalue weighted by atomic mass is 10.1. The number of pyridine rings is 1. The molecule has 0 atom stereocenters. The van der Waals surface area contributed by atoms with Crippen LogP contribution >= 0.6 is 0 Å². The van der Waals surface area contributed by atoms with E-state index in [9.17, 15) is 9.59 Å². The highest BCUT2D eigenvalue weighted by Crippen LogP contribution is 2.26. The maximum absolute atomic E-state index is 12.9. The third kappa shape index (κ3) is 4.45. The second-order valence-electron chi connectivity index (χ2n) is 7.33. The van der Waals surface area contributed by atoms with Gasteiger partial charge in [0.1, 0.15) is 0 Å². The molecule has 1 N–H and O–H groups in total. The topological polar surface area (TPSA) is 86.1 Å². The first-order valence-corrected chi connectivity index (χ1v) is 9.98. The molecular weight excluding hydrogens is 392 g/mol. The molecule has 0 spiro atoms. The molecule has 7 nitrogen and oxygen atoms in total. The van der Waals surface area contributed by atoms with E-state index in [0.29, 0.717) is 28.0 Å². The zero-order chi connectivity index (χ0) is 21.8. The SMILES string of the molecule is CC(C)n1ncc2c(C(=O)OCC(=O)Nc3ccccc3)cc(-c3ccccc3)nc21. The van der Waals surface area contributed by atoms with Crippen LogP contribution in [0.3, 0.4) is 0 Å².